The lowest BCUT2D eigenvalue weighted by Crippen LogP contribution is -2.13. The van der Waals surface area contributed by atoms with Crippen molar-refractivity contribution < 1.29 is 5.11 Å². The lowest BCUT2D eigenvalue weighted by molar-refractivity contribution is 0.371. The van der Waals surface area contributed by atoms with Gasteiger partial charge in [0.25, 0.3) is 0 Å². The van der Waals surface area contributed by atoms with E-state index in [1.54, 1.807) is 0 Å². The smallest absolute Gasteiger partial charge is 0.0811 e. The van der Waals surface area contributed by atoms with Crippen LogP contribution in [0.3, 0.4) is 0 Å². The molecule has 0 aromatic rings. The number of rotatable bonds is 4. The maximum atomic E-state index is 8.13. The van der Waals surface area contributed by atoms with E-state index >= 15 is 0 Å². The van der Waals surface area contributed by atoms with Crippen molar-refractivity contribution in [2.45, 2.75) is 13.3 Å². The van der Waals surface area contributed by atoms with E-state index in [0.29, 0.717) is 0 Å². The quantitative estimate of drug-likeness (QED) is 0.507. The van der Waals surface area contributed by atoms with Crippen LogP contribution in [-0.2, 0) is 0 Å². The average molecular weight is 102 g/mol. The summed E-state index contributed by atoms with van der Waals surface area (Å²) in [6.45, 7) is 5.07. The summed E-state index contributed by atoms with van der Waals surface area (Å²) in [6.07, 6.45) is 0.744. The zero-order chi connectivity index (χ0) is 5.54. The Labute approximate surface area is 44.5 Å². The lowest BCUT2D eigenvalue weighted by atomic mass is 10.4. The first-order chi connectivity index (χ1) is 3.41. The Balaban J connectivity index is 2.45. The molecule has 0 fully saturated rings. The van der Waals surface area contributed by atoms with Gasteiger partial charge in [-0.2, -0.15) is 0 Å². The van der Waals surface area contributed by atoms with Gasteiger partial charge in [0, 0.05) is 0 Å². The summed E-state index contributed by atoms with van der Waals surface area (Å²) in [5.41, 5.74) is 0. The Hall–Kier alpha value is -0.0800. The third-order valence-electron chi connectivity index (χ3n) is 0.700. The van der Waals surface area contributed by atoms with Gasteiger partial charge in [-0.25, -0.2) is 0 Å². The molecular formula is C5H12NO. The monoisotopic (exact) mass is 102 g/mol. The van der Waals surface area contributed by atoms with Crippen LogP contribution in [0, 0.1) is 6.61 Å². The van der Waals surface area contributed by atoms with Gasteiger partial charge < -0.3 is 10.4 Å². The number of hydrogen-bond acceptors (Lipinski definition) is 2. The maximum absolute atomic E-state index is 8.13. The topological polar surface area (TPSA) is 32.3 Å². The Morgan fingerprint density at radius 2 is 2.43 bits per heavy atom. The molecule has 0 unspecified atom stereocenters. The van der Waals surface area contributed by atoms with Crippen LogP contribution in [0.2, 0.25) is 0 Å². The van der Waals surface area contributed by atoms with E-state index in [2.05, 4.69) is 5.32 Å². The molecule has 0 aliphatic heterocycles. The van der Waals surface area contributed by atoms with Crippen molar-refractivity contribution >= 4 is 0 Å². The zero-order valence-corrected chi connectivity index (χ0v) is 4.65. The van der Waals surface area contributed by atoms with Gasteiger partial charge in [0.1, 0.15) is 0 Å². The molecule has 0 bridgehead atoms. The molecule has 7 heavy (non-hydrogen) atoms. The predicted molar refractivity (Wildman–Crippen MR) is 29.4 cm³/mol. The molecule has 0 amide bonds. The fourth-order valence-electron chi connectivity index (χ4n) is 0.343. The SMILES string of the molecule is CCNCC[CH]O. The van der Waals surface area contributed by atoms with E-state index in [-0.39, 0.29) is 0 Å². The lowest BCUT2D eigenvalue weighted by Gasteiger charge is -1.94. The fraction of sp³-hybridized carbons (Fsp3) is 0.800. The largest absolute Gasteiger partial charge is 0.390 e. The normalized spacial score (nSPS) is 9.43. The molecular weight excluding hydrogens is 90.1 g/mol. The van der Waals surface area contributed by atoms with Crippen molar-refractivity contribution in [2.75, 3.05) is 13.1 Å². The van der Waals surface area contributed by atoms with Gasteiger partial charge in [0.15, 0.2) is 0 Å². The summed E-state index contributed by atoms with van der Waals surface area (Å²) < 4.78 is 0. The third kappa shape index (κ3) is 5.92. The number of nitrogens with one attached hydrogen (secondary N) is 1. The number of hydrogen-bond donors (Lipinski definition) is 2. The van der Waals surface area contributed by atoms with E-state index in [9.17, 15) is 0 Å². The maximum Gasteiger partial charge on any atom is 0.0811 e. The first-order valence-electron chi connectivity index (χ1n) is 2.58. The Morgan fingerprint density at radius 3 is 2.86 bits per heavy atom. The molecule has 0 rings (SSSR count). The van der Waals surface area contributed by atoms with Crippen molar-refractivity contribution in [3.05, 3.63) is 6.61 Å². The fourth-order valence-corrected chi connectivity index (χ4v) is 0.343. The van der Waals surface area contributed by atoms with Gasteiger partial charge in [-0.3, -0.25) is 0 Å². The first-order valence-corrected chi connectivity index (χ1v) is 2.58. The summed E-state index contributed by atoms with van der Waals surface area (Å²) in [5, 5.41) is 11.2. The van der Waals surface area contributed by atoms with Gasteiger partial charge in [-0.15, -0.1) is 0 Å². The van der Waals surface area contributed by atoms with E-state index in [4.69, 9.17) is 5.11 Å². The minimum atomic E-state index is 0.744. The van der Waals surface area contributed by atoms with Gasteiger partial charge in [-0.1, -0.05) is 6.92 Å². The van der Waals surface area contributed by atoms with Gasteiger partial charge in [0.2, 0.25) is 0 Å². The minimum absolute atomic E-state index is 0.744. The second-order valence-corrected chi connectivity index (χ2v) is 1.32. The predicted octanol–water partition coefficient (Wildman–Crippen LogP) is 0.520. The van der Waals surface area contributed by atoms with Gasteiger partial charge in [0.05, 0.1) is 6.61 Å². The van der Waals surface area contributed by atoms with Crippen LogP contribution in [0.5, 0.6) is 0 Å². The second kappa shape index (κ2) is 5.92. The molecule has 0 spiro atoms. The van der Waals surface area contributed by atoms with Gasteiger partial charge >= 0.3 is 0 Å². The molecule has 1 radical (unpaired) electrons. The van der Waals surface area contributed by atoms with Crippen LogP contribution in [0.15, 0.2) is 0 Å². The standard InChI is InChI=1S/C5H12NO/c1-2-6-4-3-5-7/h5-7H,2-4H2,1H3. The molecule has 2 N–H and O–H groups in total. The van der Waals surface area contributed by atoms with Crippen LogP contribution in [0.4, 0.5) is 0 Å². The molecule has 0 aliphatic rings. The molecule has 0 aliphatic carbocycles. The Morgan fingerprint density at radius 1 is 1.71 bits per heavy atom. The molecule has 2 heteroatoms. The molecule has 43 valence electrons. The molecule has 0 atom stereocenters. The highest BCUT2D eigenvalue weighted by Crippen LogP contribution is 1.74. The van der Waals surface area contributed by atoms with Crippen molar-refractivity contribution in [3.8, 4) is 0 Å². The van der Waals surface area contributed by atoms with Crippen molar-refractivity contribution in [2.24, 2.45) is 0 Å². The van der Waals surface area contributed by atoms with E-state index < -0.39 is 0 Å². The van der Waals surface area contributed by atoms with Crippen LogP contribution < -0.4 is 5.32 Å². The summed E-state index contributed by atoms with van der Waals surface area (Å²) in [6, 6.07) is 0. The minimum Gasteiger partial charge on any atom is -0.390 e. The molecule has 0 saturated heterocycles. The van der Waals surface area contributed by atoms with Crippen LogP contribution >= 0.6 is 0 Å². The first kappa shape index (κ1) is 6.92. The van der Waals surface area contributed by atoms with Crippen molar-refractivity contribution in [1.82, 2.24) is 5.32 Å². The molecule has 0 saturated carbocycles. The van der Waals surface area contributed by atoms with Gasteiger partial charge in [-0.05, 0) is 19.5 Å². The summed E-state index contributed by atoms with van der Waals surface area (Å²) in [7, 11) is 0. The summed E-state index contributed by atoms with van der Waals surface area (Å²) in [5.74, 6) is 0. The molecule has 0 heterocycles. The summed E-state index contributed by atoms with van der Waals surface area (Å²) >= 11 is 0. The highest BCUT2D eigenvalue weighted by molar-refractivity contribution is 4.49. The second-order valence-electron chi connectivity index (χ2n) is 1.32. The highest BCUT2D eigenvalue weighted by Gasteiger charge is 1.79. The van der Waals surface area contributed by atoms with Crippen LogP contribution in [-0.4, -0.2) is 18.2 Å². The molecule has 2 nitrogen and oxygen atoms in total. The Bertz CT molecular complexity index is 27.3. The Kier molecular flexibility index (Phi) is 5.85. The number of aliphatic hydroxyl groups is 1. The molecule has 0 aromatic carbocycles. The average Bonchev–Trinajstić information content (AvgIpc) is 1.69. The zero-order valence-electron chi connectivity index (χ0n) is 4.65. The third-order valence-corrected chi connectivity index (χ3v) is 0.700. The summed E-state index contributed by atoms with van der Waals surface area (Å²) in [4.78, 5) is 0. The van der Waals surface area contributed by atoms with E-state index in [0.717, 1.165) is 19.5 Å². The van der Waals surface area contributed by atoms with Crippen molar-refractivity contribution in [1.29, 1.82) is 0 Å². The number of aliphatic hydroxyl groups excluding tert-OH is 1. The highest BCUT2D eigenvalue weighted by atomic mass is 16.3. The van der Waals surface area contributed by atoms with E-state index in [1.165, 1.54) is 6.61 Å². The van der Waals surface area contributed by atoms with Crippen molar-refractivity contribution in [3.63, 3.8) is 0 Å². The van der Waals surface area contributed by atoms with Crippen LogP contribution in [0.1, 0.15) is 13.3 Å². The molecule has 0 aromatic heterocycles. The van der Waals surface area contributed by atoms with Crippen LogP contribution in [0.25, 0.3) is 0 Å². The van der Waals surface area contributed by atoms with E-state index in [1.807, 2.05) is 6.92 Å².